The summed E-state index contributed by atoms with van der Waals surface area (Å²) >= 11 is 0. The fraction of sp³-hybridized carbons (Fsp3) is 0.214. The van der Waals surface area contributed by atoms with Gasteiger partial charge in [0.2, 0.25) is 0 Å². The van der Waals surface area contributed by atoms with Crippen LogP contribution in [0.4, 0.5) is 4.39 Å². The van der Waals surface area contributed by atoms with E-state index >= 15 is 0 Å². The highest BCUT2D eigenvalue weighted by Gasteiger charge is 2.13. The standard InChI is InChI=1S/C14H13FN4O/c1-3-13-17-14-16-7-6-12(19(14)18-13)10-5-4-9(20-2)8-11(10)15/h4-8H,3H2,1-2H3. The van der Waals surface area contributed by atoms with Crippen molar-refractivity contribution in [2.75, 3.05) is 7.11 Å². The molecule has 0 aliphatic heterocycles. The molecule has 0 saturated heterocycles. The average Bonchev–Trinajstić information content (AvgIpc) is 2.90. The normalized spacial score (nSPS) is 10.9. The van der Waals surface area contributed by atoms with Crippen molar-refractivity contribution in [3.8, 4) is 17.0 Å². The van der Waals surface area contributed by atoms with Crippen LogP contribution < -0.4 is 4.74 Å². The van der Waals surface area contributed by atoms with E-state index in [1.54, 1.807) is 28.9 Å². The van der Waals surface area contributed by atoms with Crippen molar-refractivity contribution < 1.29 is 9.13 Å². The van der Waals surface area contributed by atoms with Gasteiger partial charge in [-0.05, 0) is 18.2 Å². The maximum absolute atomic E-state index is 14.2. The summed E-state index contributed by atoms with van der Waals surface area (Å²) in [5, 5.41) is 4.34. The van der Waals surface area contributed by atoms with Crippen molar-refractivity contribution in [1.29, 1.82) is 0 Å². The number of hydrogen-bond donors (Lipinski definition) is 0. The second kappa shape index (κ2) is 4.88. The number of fused-ring (bicyclic) bond motifs is 1. The molecule has 0 saturated carbocycles. The van der Waals surface area contributed by atoms with Gasteiger partial charge in [0, 0.05) is 24.2 Å². The summed E-state index contributed by atoms with van der Waals surface area (Å²) in [7, 11) is 1.50. The number of benzene rings is 1. The van der Waals surface area contributed by atoms with Gasteiger partial charge in [-0.1, -0.05) is 6.92 Å². The molecular formula is C14H13FN4O. The van der Waals surface area contributed by atoms with Crippen LogP contribution in [0.15, 0.2) is 30.5 Å². The monoisotopic (exact) mass is 272 g/mol. The minimum absolute atomic E-state index is 0.370. The van der Waals surface area contributed by atoms with E-state index in [4.69, 9.17) is 4.74 Å². The van der Waals surface area contributed by atoms with Crippen LogP contribution in [0.5, 0.6) is 5.75 Å². The summed E-state index contributed by atoms with van der Waals surface area (Å²) in [5.74, 6) is 1.25. The van der Waals surface area contributed by atoms with E-state index < -0.39 is 0 Å². The van der Waals surface area contributed by atoms with E-state index in [0.717, 1.165) is 0 Å². The Labute approximate surface area is 115 Å². The van der Waals surface area contributed by atoms with Crippen LogP contribution in [0, 0.1) is 5.82 Å². The van der Waals surface area contributed by atoms with E-state index in [1.807, 2.05) is 6.92 Å². The highest BCUT2D eigenvalue weighted by atomic mass is 19.1. The minimum Gasteiger partial charge on any atom is -0.497 e. The summed E-state index contributed by atoms with van der Waals surface area (Å²) in [6.45, 7) is 1.96. The topological polar surface area (TPSA) is 52.3 Å². The molecule has 0 N–H and O–H groups in total. The first kappa shape index (κ1) is 12.5. The van der Waals surface area contributed by atoms with Crippen molar-refractivity contribution in [3.63, 3.8) is 0 Å². The highest BCUT2D eigenvalue weighted by molar-refractivity contribution is 5.63. The van der Waals surface area contributed by atoms with Crippen molar-refractivity contribution in [2.24, 2.45) is 0 Å². The van der Waals surface area contributed by atoms with Crippen LogP contribution in [0.25, 0.3) is 17.0 Å². The summed E-state index contributed by atoms with van der Waals surface area (Å²) < 4.78 is 20.7. The summed E-state index contributed by atoms with van der Waals surface area (Å²) in [4.78, 5) is 8.42. The third kappa shape index (κ3) is 1.99. The summed E-state index contributed by atoms with van der Waals surface area (Å²) in [6.07, 6.45) is 2.30. The molecule has 5 nitrogen and oxygen atoms in total. The van der Waals surface area contributed by atoms with Gasteiger partial charge < -0.3 is 4.74 Å². The maximum Gasteiger partial charge on any atom is 0.252 e. The number of rotatable bonds is 3. The molecular weight excluding hydrogens is 259 g/mol. The Morgan fingerprint density at radius 2 is 2.15 bits per heavy atom. The van der Waals surface area contributed by atoms with Gasteiger partial charge in [-0.3, -0.25) is 0 Å². The van der Waals surface area contributed by atoms with Crippen molar-refractivity contribution >= 4 is 5.78 Å². The Balaban J connectivity index is 2.21. The first-order valence-corrected chi connectivity index (χ1v) is 6.27. The molecule has 2 aromatic heterocycles. The van der Waals surface area contributed by atoms with E-state index in [2.05, 4.69) is 15.1 Å². The van der Waals surface area contributed by atoms with E-state index in [0.29, 0.717) is 35.0 Å². The summed E-state index contributed by atoms with van der Waals surface area (Å²) in [6, 6.07) is 6.43. The van der Waals surface area contributed by atoms with Crippen LogP contribution in [0.3, 0.4) is 0 Å². The second-order valence-electron chi connectivity index (χ2n) is 4.27. The van der Waals surface area contributed by atoms with Crippen LogP contribution in [-0.4, -0.2) is 26.7 Å². The molecule has 0 spiro atoms. The number of methoxy groups -OCH3 is 1. The zero-order valence-corrected chi connectivity index (χ0v) is 11.2. The molecule has 3 aromatic rings. The molecule has 20 heavy (non-hydrogen) atoms. The zero-order chi connectivity index (χ0) is 14.1. The lowest BCUT2D eigenvalue weighted by Crippen LogP contribution is -1.98. The predicted molar refractivity (Wildman–Crippen MR) is 72.1 cm³/mol. The Kier molecular flexibility index (Phi) is 3.06. The van der Waals surface area contributed by atoms with Gasteiger partial charge in [0.15, 0.2) is 5.82 Å². The molecule has 0 aliphatic rings. The molecule has 0 unspecified atom stereocenters. The lowest BCUT2D eigenvalue weighted by Gasteiger charge is -2.06. The number of ether oxygens (including phenoxy) is 1. The number of aryl methyl sites for hydroxylation is 1. The molecule has 102 valence electrons. The zero-order valence-electron chi connectivity index (χ0n) is 11.2. The average molecular weight is 272 g/mol. The third-order valence-electron chi connectivity index (χ3n) is 3.05. The van der Waals surface area contributed by atoms with Gasteiger partial charge in [0.25, 0.3) is 5.78 Å². The maximum atomic E-state index is 14.2. The summed E-state index contributed by atoms with van der Waals surface area (Å²) in [5.41, 5.74) is 1.05. The van der Waals surface area contributed by atoms with Gasteiger partial charge in [-0.25, -0.2) is 9.37 Å². The van der Waals surface area contributed by atoms with Crippen LogP contribution >= 0.6 is 0 Å². The molecule has 2 heterocycles. The third-order valence-corrected chi connectivity index (χ3v) is 3.05. The van der Waals surface area contributed by atoms with Crippen molar-refractivity contribution in [1.82, 2.24) is 19.6 Å². The first-order chi connectivity index (χ1) is 9.72. The molecule has 6 heteroatoms. The van der Waals surface area contributed by atoms with Crippen molar-refractivity contribution in [3.05, 3.63) is 42.1 Å². The lowest BCUT2D eigenvalue weighted by molar-refractivity contribution is 0.411. The molecule has 0 radical (unpaired) electrons. The Morgan fingerprint density at radius 3 is 2.85 bits per heavy atom. The van der Waals surface area contributed by atoms with Gasteiger partial charge >= 0.3 is 0 Å². The Morgan fingerprint density at radius 1 is 1.30 bits per heavy atom. The van der Waals surface area contributed by atoms with Gasteiger partial charge in [-0.15, -0.1) is 5.10 Å². The van der Waals surface area contributed by atoms with Crippen LogP contribution in [-0.2, 0) is 6.42 Å². The molecule has 3 rings (SSSR count). The molecule has 0 atom stereocenters. The van der Waals surface area contributed by atoms with Gasteiger partial charge in [0.05, 0.1) is 12.8 Å². The lowest BCUT2D eigenvalue weighted by atomic mass is 10.1. The first-order valence-electron chi connectivity index (χ1n) is 6.27. The number of hydrogen-bond acceptors (Lipinski definition) is 4. The fourth-order valence-electron chi connectivity index (χ4n) is 2.02. The second-order valence-corrected chi connectivity index (χ2v) is 4.27. The molecule has 0 aliphatic carbocycles. The van der Waals surface area contributed by atoms with Crippen LogP contribution in [0.1, 0.15) is 12.7 Å². The smallest absolute Gasteiger partial charge is 0.252 e. The molecule has 0 fully saturated rings. The Hall–Kier alpha value is -2.50. The van der Waals surface area contributed by atoms with Gasteiger partial charge in [0.1, 0.15) is 11.6 Å². The quantitative estimate of drug-likeness (QED) is 0.735. The number of aromatic nitrogens is 4. The molecule has 1 aromatic carbocycles. The van der Waals surface area contributed by atoms with E-state index in [9.17, 15) is 4.39 Å². The highest BCUT2D eigenvalue weighted by Crippen LogP contribution is 2.25. The Bertz CT molecular complexity index is 769. The van der Waals surface area contributed by atoms with E-state index in [1.165, 1.54) is 13.2 Å². The SMILES string of the molecule is CCc1nc2nccc(-c3ccc(OC)cc3F)n2n1. The number of halogens is 1. The molecule has 0 bridgehead atoms. The van der Waals surface area contributed by atoms with Crippen LogP contribution in [0.2, 0.25) is 0 Å². The van der Waals surface area contributed by atoms with E-state index in [-0.39, 0.29) is 5.82 Å². The van der Waals surface area contributed by atoms with Crippen molar-refractivity contribution in [2.45, 2.75) is 13.3 Å². The van der Waals surface area contributed by atoms with Gasteiger partial charge in [-0.2, -0.15) is 9.50 Å². The minimum atomic E-state index is -0.370. The predicted octanol–water partition coefficient (Wildman–Crippen LogP) is 2.50. The molecule has 0 amide bonds. The largest absolute Gasteiger partial charge is 0.497 e. The fourth-order valence-corrected chi connectivity index (χ4v) is 2.02. The number of nitrogens with zero attached hydrogens (tertiary/aromatic N) is 4.